The molecule has 0 amide bonds. The highest BCUT2D eigenvalue weighted by molar-refractivity contribution is 5.74. The average molecular weight is 1120 g/mol. The Labute approximate surface area is 482 Å². The Hall–Kier alpha value is -3.06. The molecule has 460 valence electrons. The molecule has 0 radical (unpaired) electrons. The number of carbonyl (C=O) groups is 4. The van der Waals surface area contributed by atoms with Gasteiger partial charge >= 0.3 is 23.9 Å². The molecule has 1 aliphatic heterocycles. The second-order valence-corrected chi connectivity index (χ2v) is 22.8. The molecule has 1 fully saturated rings. The summed E-state index contributed by atoms with van der Waals surface area (Å²) in [6.45, 7) is 6.00. The maximum atomic E-state index is 13.1. The molecule has 0 saturated carbocycles. The minimum absolute atomic E-state index is 0.0618. The molecule has 1 aliphatic rings. The third-order valence-corrected chi connectivity index (χ3v) is 15.2. The van der Waals surface area contributed by atoms with Gasteiger partial charge < -0.3 is 39.0 Å². The number of carboxylic acids is 1. The third kappa shape index (κ3) is 45.2. The fourth-order valence-electron chi connectivity index (χ4n) is 10.1. The Balaban J connectivity index is 2.60. The lowest BCUT2D eigenvalue weighted by Gasteiger charge is -2.40. The van der Waals surface area contributed by atoms with Gasteiger partial charge in [-0.05, 0) is 77.0 Å². The molecule has 0 bridgehead atoms. The number of aliphatic carboxylic acids is 1. The lowest BCUT2D eigenvalue weighted by atomic mass is 9.98. The summed E-state index contributed by atoms with van der Waals surface area (Å²) in [5, 5.41) is 31.6. The summed E-state index contributed by atoms with van der Waals surface area (Å²) >= 11 is 0. The fraction of sp³-hybridized carbons (Fsp3) is 0.851. The Bertz CT molecular complexity index is 1510. The normalized spacial score (nSPS) is 18.0. The predicted molar refractivity (Wildman–Crippen MR) is 322 cm³/mol. The molecule has 79 heavy (non-hydrogen) atoms. The molecule has 0 aliphatic carbocycles. The number of carbonyl (C=O) groups excluding carboxylic acids is 3. The van der Waals surface area contributed by atoms with E-state index in [9.17, 15) is 34.5 Å². The molecular formula is C67H120O12. The quantitative estimate of drug-likeness (QED) is 0.0228. The van der Waals surface area contributed by atoms with Crippen molar-refractivity contribution in [2.75, 3.05) is 13.2 Å². The highest BCUT2D eigenvalue weighted by Crippen LogP contribution is 2.27. The van der Waals surface area contributed by atoms with Crippen molar-refractivity contribution < 1.29 is 58.2 Å². The number of hydrogen-bond donors (Lipinski definition) is 3. The molecule has 1 heterocycles. The summed E-state index contributed by atoms with van der Waals surface area (Å²) in [7, 11) is 0. The minimum atomic E-state index is -1.90. The van der Waals surface area contributed by atoms with Gasteiger partial charge in [0.1, 0.15) is 18.8 Å². The first-order valence-corrected chi connectivity index (χ1v) is 33.0. The Morgan fingerprint density at radius 1 is 0.418 bits per heavy atom. The summed E-state index contributed by atoms with van der Waals surface area (Å²) in [5.74, 6) is -3.09. The number of rotatable bonds is 57. The van der Waals surface area contributed by atoms with Gasteiger partial charge in [-0.2, -0.15) is 0 Å². The Morgan fingerprint density at radius 2 is 0.759 bits per heavy atom. The van der Waals surface area contributed by atoms with Gasteiger partial charge in [-0.15, -0.1) is 0 Å². The van der Waals surface area contributed by atoms with Crippen LogP contribution in [0.5, 0.6) is 0 Å². The summed E-state index contributed by atoms with van der Waals surface area (Å²) < 4.78 is 28.5. The van der Waals surface area contributed by atoms with Gasteiger partial charge in [-0.1, -0.05) is 256 Å². The van der Waals surface area contributed by atoms with Crippen molar-refractivity contribution in [1.82, 2.24) is 0 Å². The van der Waals surface area contributed by atoms with Crippen molar-refractivity contribution in [3.63, 3.8) is 0 Å². The first-order chi connectivity index (χ1) is 38.6. The standard InChI is InChI=1S/C67H120O12/c1-4-7-10-13-16-19-22-24-26-28-30-32-34-36-39-41-44-47-50-53-59(68)75-56-58(77-60(69)54-51-48-45-42-38-21-18-15-12-9-6-3)57-76-67-65(63(72)62(71)64(79-67)66(73)74)78-61(70)55-52-49-46-43-40-37-35-33-31-29-27-25-23-20-17-14-11-8-5-2/h16,19,24-27,58,62-65,67,71-72H,4-15,17-18,20-23,28-57H2,1-3H3,(H,73,74)/b19-16-,26-24-,27-25-. The molecule has 0 aromatic heterocycles. The fourth-order valence-corrected chi connectivity index (χ4v) is 10.1. The molecule has 12 heteroatoms. The Morgan fingerprint density at radius 3 is 1.18 bits per heavy atom. The van der Waals surface area contributed by atoms with E-state index in [1.165, 1.54) is 173 Å². The van der Waals surface area contributed by atoms with Crippen molar-refractivity contribution in [3.05, 3.63) is 36.5 Å². The summed E-state index contributed by atoms with van der Waals surface area (Å²) in [6.07, 6.45) is 53.9. The lowest BCUT2D eigenvalue weighted by molar-refractivity contribution is -0.301. The molecule has 12 nitrogen and oxygen atoms in total. The smallest absolute Gasteiger partial charge is 0.335 e. The molecule has 0 aromatic carbocycles. The largest absolute Gasteiger partial charge is 0.479 e. The first kappa shape index (κ1) is 74.0. The summed E-state index contributed by atoms with van der Waals surface area (Å²) in [5.41, 5.74) is 0. The van der Waals surface area contributed by atoms with E-state index in [2.05, 4.69) is 57.2 Å². The van der Waals surface area contributed by atoms with Gasteiger partial charge in [-0.25, -0.2) is 4.79 Å². The molecular weight excluding hydrogens is 997 g/mol. The zero-order chi connectivity index (χ0) is 57.5. The van der Waals surface area contributed by atoms with Gasteiger partial charge in [0.25, 0.3) is 0 Å². The van der Waals surface area contributed by atoms with Crippen molar-refractivity contribution in [2.24, 2.45) is 0 Å². The number of aliphatic hydroxyl groups is 2. The minimum Gasteiger partial charge on any atom is -0.479 e. The SMILES string of the molecule is CCCCC/C=C\C/C=C\CCCCCCCCCCCC(=O)OCC(COC1OC(C(=O)O)C(O)C(O)C1OC(=O)CCCCCCCCCCC/C=C\CCCCCCCC)OC(=O)CCCCCCCCCCCCC. The van der Waals surface area contributed by atoms with Gasteiger partial charge in [0.15, 0.2) is 24.6 Å². The third-order valence-electron chi connectivity index (χ3n) is 15.2. The van der Waals surface area contributed by atoms with E-state index in [-0.39, 0.29) is 25.9 Å². The van der Waals surface area contributed by atoms with Crippen LogP contribution in [0.2, 0.25) is 0 Å². The second kappa shape index (κ2) is 55.5. The molecule has 1 saturated heterocycles. The topological polar surface area (TPSA) is 175 Å². The molecule has 6 atom stereocenters. The molecule has 0 aromatic rings. The highest BCUT2D eigenvalue weighted by atomic mass is 16.7. The van der Waals surface area contributed by atoms with Gasteiger partial charge in [0.2, 0.25) is 0 Å². The average Bonchev–Trinajstić information content (AvgIpc) is 3.48. The molecule has 6 unspecified atom stereocenters. The van der Waals surface area contributed by atoms with E-state index >= 15 is 0 Å². The maximum Gasteiger partial charge on any atom is 0.335 e. The zero-order valence-corrected chi connectivity index (χ0v) is 50.9. The number of aliphatic hydroxyl groups excluding tert-OH is 2. The van der Waals surface area contributed by atoms with E-state index in [0.29, 0.717) is 19.3 Å². The number of allylic oxidation sites excluding steroid dienone is 6. The number of esters is 3. The molecule has 3 N–H and O–H groups in total. The zero-order valence-electron chi connectivity index (χ0n) is 50.9. The van der Waals surface area contributed by atoms with Gasteiger partial charge in [0, 0.05) is 19.3 Å². The number of ether oxygens (including phenoxy) is 5. The van der Waals surface area contributed by atoms with Crippen LogP contribution in [0.1, 0.15) is 316 Å². The number of carboxylic acid groups (broad SMARTS) is 1. The van der Waals surface area contributed by atoms with Crippen LogP contribution in [0, 0.1) is 0 Å². The van der Waals surface area contributed by atoms with E-state index in [1.54, 1.807) is 0 Å². The first-order valence-electron chi connectivity index (χ1n) is 33.0. The summed E-state index contributed by atoms with van der Waals surface area (Å²) in [4.78, 5) is 51.3. The van der Waals surface area contributed by atoms with Crippen LogP contribution in [0.4, 0.5) is 0 Å². The van der Waals surface area contributed by atoms with E-state index in [4.69, 9.17) is 23.7 Å². The van der Waals surface area contributed by atoms with Crippen LogP contribution in [-0.4, -0.2) is 89.2 Å². The highest BCUT2D eigenvalue weighted by Gasteiger charge is 2.50. The Kier molecular flexibility index (Phi) is 51.9. The van der Waals surface area contributed by atoms with Crippen LogP contribution in [0.15, 0.2) is 36.5 Å². The van der Waals surface area contributed by atoms with Crippen molar-refractivity contribution in [3.8, 4) is 0 Å². The lowest BCUT2D eigenvalue weighted by Crippen LogP contribution is -2.61. The summed E-state index contributed by atoms with van der Waals surface area (Å²) in [6, 6.07) is 0. The van der Waals surface area contributed by atoms with Crippen molar-refractivity contribution >= 4 is 23.9 Å². The van der Waals surface area contributed by atoms with E-state index in [1.807, 2.05) is 0 Å². The van der Waals surface area contributed by atoms with Gasteiger partial charge in [0.05, 0.1) is 6.61 Å². The van der Waals surface area contributed by atoms with Crippen molar-refractivity contribution in [1.29, 1.82) is 0 Å². The maximum absolute atomic E-state index is 13.1. The van der Waals surface area contributed by atoms with Crippen LogP contribution in [-0.2, 0) is 42.9 Å². The number of unbranched alkanes of at least 4 members (excludes halogenated alkanes) is 37. The van der Waals surface area contributed by atoms with Crippen LogP contribution in [0.3, 0.4) is 0 Å². The second-order valence-electron chi connectivity index (χ2n) is 22.8. The number of hydrogen-bond acceptors (Lipinski definition) is 11. The van der Waals surface area contributed by atoms with Crippen LogP contribution >= 0.6 is 0 Å². The van der Waals surface area contributed by atoms with Gasteiger partial charge in [-0.3, -0.25) is 14.4 Å². The van der Waals surface area contributed by atoms with E-state index < -0.39 is 67.3 Å². The van der Waals surface area contributed by atoms with Crippen LogP contribution < -0.4 is 0 Å². The van der Waals surface area contributed by atoms with Crippen molar-refractivity contribution in [2.45, 2.75) is 353 Å². The molecule has 1 rings (SSSR count). The molecule has 0 spiro atoms. The monoisotopic (exact) mass is 1120 g/mol. The van der Waals surface area contributed by atoms with E-state index in [0.717, 1.165) is 83.5 Å². The predicted octanol–water partition coefficient (Wildman–Crippen LogP) is 17.6. The van der Waals surface area contributed by atoms with Crippen LogP contribution in [0.25, 0.3) is 0 Å².